The van der Waals surface area contributed by atoms with Gasteiger partial charge < -0.3 is 5.32 Å². The van der Waals surface area contributed by atoms with Gasteiger partial charge in [0.05, 0.1) is 16.1 Å². The van der Waals surface area contributed by atoms with Crippen LogP contribution < -0.4 is 5.32 Å². The van der Waals surface area contributed by atoms with E-state index in [1.807, 2.05) is 6.92 Å². The maximum absolute atomic E-state index is 13.0. The third-order valence-corrected chi connectivity index (χ3v) is 5.50. The highest BCUT2D eigenvalue weighted by Gasteiger charge is 2.50. The minimum Gasteiger partial charge on any atom is -0.355 e. The van der Waals surface area contributed by atoms with Crippen molar-refractivity contribution in [3.05, 3.63) is 50.7 Å². The first kappa shape index (κ1) is 15.4. The Kier molecular flexibility index (Phi) is 4.19. The highest BCUT2D eigenvalue weighted by atomic mass is 35.5. The number of nitrogens with zero attached hydrogens (tertiary/aromatic N) is 1. The monoisotopic (exact) mass is 338 g/mol. The number of rotatable bonds is 5. The lowest BCUT2D eigenvalue weighted by molar-refractivity contribution is -0.123. The van der Waals surface area contributed by atoms with Crippen LogP contribution in [-0.2, 0) is 16.6 Å². The molecule has 1 aromatic heterocycles. The molecule has 0 bridgehead atoms. The van der Waals surface area contributed by atoms with Gasteiger partial charge in [0.15, 0.2) is 0 Å². The molecule has 0 unspecified atom stereocenters. The summed E-state index contributed by atoms with van der Waals surface area (Å²) in [6, 6.07) is 6.21. The van der Waals surface area contributed by atoms with Crippen molar-refractivity contribution in [2.24, 2.45) is 0 Å². The van der Waals surface area contributed by atoms with Gasteiger partial charge in [-0.2, -0.15) is 0 Å². The van der Waals surface area contributed by atoms with Gasteiger partial charge in [-0.3, -0.25) is 4.79 Å². The van der Waals surface area contributed by atoms with Gasteiger partial charge in [0, 0.05) is 13.0 Å². The van der Waals surface area contributed by atoms with Crippen molar-refractivity contribution in [2.45, 2.75) is 31.6 Å². The summed E-state index contributed by atoms with van der Waals surface area (Å²) in [5, 5.41) is 3.89. The second-order valence-corrected chi connectivity index (χ2v) is 7.25. The van der Waals surface area contributed by atoms with E-state index >= 15 is 0 Å². The number of carbonyl (C=O) groups excluding carboxylic acids is 1. The molecule has 0 aliphatic heterocycles. The van der Waals surface area contributed by atoms with Crippen molar-refractivity contribution in [1.82, 2.24) is 10.3 Å². The van der Waals surface area contributed by atoms with Gasteiger partial charge in [0.25, 0.3) is 0 Å². The van der Waals surface area contributed by atoms with Gasteiger partial charge in [-0.1, -0.05) is 23.7 Å². The van der Waals surface area contributed by atoms with E-state index in [0.29, 0.717) is 17.3 Å². The SMILES string of the molecule is Cc1nc(CCNC(=O)C2(c3ccc(F)cc3)CC2)sc1Cl. The van der Waals surface area contributed by atoms with Crippen LogP contribution in [0.1, 0.15) is 29.1 Å². The molecule has 3 rings (SSSR count). The first-order valence-corrected chi connectivity index (χ1v) is 8.37. The van der Waals surface area contributed by atoms with Crippen LogP contribution in [0.15, 0.2) is 24.3 Å². The maximum Gasteiger partial charge on any atom is 0.230 e. The molecule has 1 N–H and O–H groups in total. The Hall–Kier alpha value is -1.46. The Labute approximate surface area is 137 Å². The lowest BCUT2D eigenvalue weighted by Crippen LogP contribution is -2.35. The van der Waals surface area contributed by atoms with Crippen LogP contribution in [0.5, 0.6) is 0 Å². The summed E-state index contributed by atoms with van der Waals surface area (Å²) >= 11 is 7.43. The highest BCUT2D eigenvalue weighted by molar-refractivity contribution is 7.16. The zero-order valence-electron chi connectivity index (χ0n) is 12.2. The molecule has 1 amide bonds. The largest absolute Gasteiger partial charge is 0.355 e. The van der Waals surface area contributed by atoms with Crippen LogP contribution in [-0.4, -0.2) is 17.4 Å². The molecule has 1 saturated carbocycles. The van der Waals surface area contributed by atoms with Gasteiger partial charge >= 0.3 is 0 Å². The van der Waals surface area contributed by atoms with Crippen molar-refractivity contribution in [3.8, 4) is 0 Å². The van der Waals surface area contributed by atoms with E-state index in [0.717, 1.165) is 29.1 Å². The molecule has 1 aliphatic rings. The fourth-order valence-corrected chi connectivity index (χ4v) is 3.63. The van der Waals surface area contributed by atoms with Crippen LogP contribution in [0.4, 0.5) is 4.39 Å². The Bertz CT molecular complexity index is 675. The summed E-state index contributed by atoms with van der Waals surface area (Å²) in [6.07, 6.45) is 2.29. The van der Waals surface area contributed by atoms with Crippen LogP contribution in [0.2, 0.25) is 4.34 Å². The van der Waals surface area contributed by atoms with Gasteiger partial charge in [-0.15, -0.1) is 11.3 Å². The molecule has 1 aromatic carbocycles. The number of nitrogens with one attached hydrogen (secondary N) is 1. The molecular weight excluding hydrogens is 323 g/mol. The number of hydrogen-bond acceptors (Lipinski definition) is 3. The summed E-state index contributed by atoms with van der Waals surface area (Å²) in [6.45, 7) is 2.40. The summed E-state index contributed by atoms with van der Waals surface area (Å²) in [7, 11) is 0. The Morgan fingerprint density at radius 3 is 2.64 bits per heavy atom. The first-order chi connectivity index (χ1) is 10.5. The zero-order valence-corrected chi connectivity index (χ0v) is 13.7. The van der Waals surface area contributed by atoms with Gasteiger partial charge in [0.1, 0.15) is 10.2 Å². The smallest absolute Gasteiger partial charge is 0.230 e. The molecule has 3 nitrogen and oxygen atoms in total. The topological polar surface area (TPSA) is 42.0 Å². The molecule has 116 valence electrons. The quantitative estimate of drug-likeness (QED) is 0.904. The summed E-state index contributed by atoms with van der Waals surface area (Å²) in [4.78, 5) is 16.8. The summed E-state index contributed by atoms with van der Waals surface area (Å²) < 4.78 is 13.7. The average molecular weight is 339 g/mol. The number of aryl methyl sites for hydroxylation is 1. The van der Waals surface area contributed by atoms with Crippen LogP contribution in [0, 0.1) is 12.7 Å². The van der Waals surface area contributed by atoms with Crippen LogP contribution >= 0.6 is 22.9 Å². The summed E-state index contributed by atoms with van der Waals surface area (Å²) in [5.74, 6) is -0.269. The third-order valence-electron chi connectivity index (χ3n) is 3.99. The van der Waals surface area contributed by atoms with Gasteiger partial charge in [-0.05, 0) is 37.5 Å². The fourth-order valence-electron chi connectivity index (χ4n) is 2.53. The van der Waals surface area contributed by atoms with Crippen LogP contribution in [0.25, 0.3) is 0 Å². The number of halogens is 2. The second-order valence-electron chi connectivity index (χ2n) is 5.56. The van der Waals surface area contributed by atoms with E-state index in [9.17, 15) is 9.18 Å². The molecule has 0 atom stereocenters. The lowest BCUT2D eigenvalue weighted by atomic mass is 9.95. The molecule has 0 saturated heterocycles. The molecule has 1 fully saturated rings. The molecule has 0 radical (unpaired) electrons. The predicted molar refractivity (Wildman–Crippen MR) is 85.9 cm³/mol. The van der Waals surface area contributed by atoms with Crippen molar-refractivity contribution in [1.29, 1.82) is 0 Å². The fraction of sp³-hybridized carbons (Fsp3) is 0.375. The molecule has 22 heavy (non-hydrogen) atoms. The number of thiazole rings is 1. The first-order valence-electron chi connectivity index (χ1n) is 7.17. The van der Waals surface area contributed by atoms with Gasteiger partial charge in [-0.25, -0.2) is 9.37 Å². The third kappa shape index (κ3) is 3.01. The van der Waals surface area contributed by atoms with E-state index in [4.69, 9.17) is 11.6 Å². The Morgan fingerprint density at radius 1 is 1.41 bits per heavy atom. The molecule has 6 heteroatoms. The minimum absolute atomic E-state index is 0.0125. The number of amides is 1. The standard InChI is InChI=1S/C16H16ClFN2OS/c1-10-14(17)22-13(20-10)6-9-19-15(21)16(7-8-16)11-2-4-12(18)5-3-11/h2-5H,6-9H2,1H3,(H,19,21). The maximum atomic E-state index is 13.0. The van der Waals surface area contributed by atoms with E-state index in [2.05, 4.69) is 10.3 Å². The molecule has 2 aromatic rings. The second kappa shape index (κ2) is 5.97. The van der Waals surface area contributed by atoms with E-state index in [1.54, 1.807) is 12.1 Å². The van der Waals surface area contributed by atoms with Crippen molar-refractivity contribution in [2.75, 3.05) is 6.54 Å². The number of carbonyl (C=O) groups is 1. The average Bonchev–Trinajstić information content (AvgIpc) is 3.23. The molecule has 1 heterocycles. The zero-order chi connectivity index (χ0) is 15.7. The highest BCUT2D eigenvalue weighted by Crippen LogP contribution is 2.48. The van der Waals surface area contributed by atoms with E-state index in [1.165, 1.54) is 23.5 Å². The van der Waals surface area contributed by atoms with Gasteiger partial charge in [0.2, 0.25) is 5.91 Å². The van der Waals surface area contributed by atoms with Crippen molar-refractivity contribution < 1.29 is 9.18 Å². The lowest BCUT2D eigenvalue weighted by Gasteiger charge is -2.15. The Morgan fingerprint density at radius 2 is 2.09 bits per heavy atom. The molecular formula is C16H16ClFN2OS. The molecule has 0 spiro atoms. The van der Waals surface area contributed by atoms with E-state index in [-0.39, 0.29) is 11.7 Å². The van der Waals surface area contributed by atoms with Crippen molar-refractivity contribution in [3.63, 3.8) is 0 Å². The molecule has 1 aliphatic carbocycles. The van der Waals surface area contributed by atoms with E-state index < -0.39 is 5.41 Å². The van der Waals surface area contributed by atoms with Crippen LogP contribution in [0.3, 0.4) is 0 Å². The number of benzene rings is 1. The Balaban J connectivity index is 1.59. The minimum atomic E-state index is -0.468. The van der Waals surface area contributed by atoms with Crippen molar-refractivity contribution >= 4 is 28.8 Å². The summed E-state index contributed by atoms with van der Waals surface area (Å²) in [5.41, 5.74) is 1.25. The normalized spacial score (nSPS) is 15.6. The number of hydrogen-bond donors (Lipinski definition) is 1. The predicted octanol–water partition coefficient (Wildman–Crippen LogP) is 3.63. The number of aromatic nitrogens is 1.